The lowest BCUT2D eigenvalue weighted by Gasteiger charge is -2.30. The van der Waals surface area contributed by atoms with Crippen molar-refractivity contribution >= 4 is 11.6 Å². The molecule has 1 aromatic heterocycles. The number of aromatic nitrogens is 1. The van der Waals surface area contributed by atoms with Gasteiger partial charge in [0.05, 0.1) is 23.1 Å². The van der Waals surface area contributed by atoms with Gasteiger partial charge in [0.25, 0.3) is 0 Å². The van der Waals surface area contributed by atoms with E-state index in [4.69, 9.17) is 9.72 Å². The van der Waals surface area contributed by atoms with E-state index in [2.05, 4.69) is 57.2 Å². The molecule has 1 N–H and O–H groups in total. The van der Waals surface area contributed by atoms with Crippen LogP contribution in [0.1, 0.15) is 92.6 Å². The first kappa shape index (κ1) is 21.3. The largest absolute Gasteiger partial charge is 0.387 e. The number of hydrogen-bond acceptors (Lipinski definition) is 3. The van der Waals surface area contributed by atoms with Gasteiger partial charge in [-0.15, -0.1) is 0 Å². The molecule has 0 bridgehead atoms. The Morgan fingerprint density at radius 3 is 2.60 bits per heavy atom. The van der Waals surface area contributed by atoms with Gasteiger partial charge in [0.15, 0.2) is 0 Å². The molecule has 0 saturated heterocycles. The van der Waals surface area contributed by atoms with Gasteiger partial charge in [-0.2, -0.15) is 0 Å². The van der Waals surface area contributed by atoms with Gasteiger partial charge in [-0.3, -0.25) is 0 Å². The first-order valence-electron chi connectivity index (χ1n) is 11.5. The third kappa shape index (κ3) is 4.84. The first-order valence-corrected chi connectivity index (χ1v) is 11.5. The summed E-state index contributed by atoms with van der Waals surface area (Å²) in [7, 11) is 0. The summed E-state index contributed by atoms with van der Waals surface area (Å²) in [5.74, 6) is 0. The highest BCUT2D eigenvalue weighted by Crippen LogP contribution is 2.40. The number of ether oxygens (including phenoxy) is 1. The maximum atomic E-state index is 10.7. The molecule has 2 aliphatic carbocycles. The van der Waals surface area contributed by atoms with Crippen LogP contribution in [0.15, 0.2) is 30.3 Å². The Labute approximate surface area is 181 Å². The number of hydrogen-bond donors (Lipinski definition) is 1. The Morgan fingerprint density at radius 1 is 1.07 bits per heavy atom. The second-order valence-electron chi connectivity index (χ2n) is 9.69. The molecule has 2 aromatic rings. The van der Waals surface area contributed by atoms with Crippen molar-refractivity contribution in [2.24, 2.45) is 0 Å². The molecular weight excluding hydrogens is 370 g/mol. The maximum Gasteiger partial charge on any atom is 0.0963 e. The lowest BCUT2D eigenvalue weighted by molar-refractivity contribution is -0.00388. The maximum absolute atomic E-state index is 10.7. The van der Waals surface area contributed by atoms with Crippen molar-refractivity contribution in [1.82, 2.24) is 4.98 Å². The first-order chi connectivity index (χ1) is 14.4. The van der Waals surface area contributed by atoms with Crippen molar-refractivity contribution < 1.29 is 9.84 Å². The van der Waals surface area contributed by atoms with Gasteiger partial charge in [-0.05, 0) is 106 Å². The number of allylic oxidation sites excluding steroid dienone is 1. The van der Waals surface area contributed by atoms with E-state index in [0.717, 1.165) is 62.9 Å². The molecule has 1 aromatic carbocycles. The van der Waals surface area contributed by atoms with Crippen LogP contribution in [0.2, 0.25) is 0 Å². The van der Waals surface area contributed by atoms with Crippen LogP contribution in [0.3, 0.4) is 0 Å². The number of aliphatic hydroxyl groups is 1. The molecule has 3 nitrogen and oxygen atoms in total. The molecule has 1 unspecified atom stereocenters. The number of rotatable bonds is 5. The molecule has 1 atom stereocenters. The minimum absolute atomic E-state index is 0.0983. The molecule has 0 radical (unpaired) electrons. The fraction of sp³-hybridized carbons (Fsp3) is 0.519. The molecule has 4 rings (SSSR count). The highest BCUT2D eigenvalue weighted by atomic mass is 16.5. The smallest absolute Gasteiger partial charge is 0.0963 e. The van der Waals surface area contributed by atoms with Crippen LogP contribution in [-0.2, 0) is 24.0 Å². The standard InChI is InChI=1S/C27H35NO2/c1-27(2,3)30-17-9-15-21-22-13-7-12-20(18-19-10-5-4-6-11-19)25(22)28-26-23(21)14-8-16-24(26)29/h4-6,10-11,18,24,29H,7-9,12-17H2,1-3H3/b20-18+. The molecule has 0 spiro atoms. The van der Waals surface area contributed by atoms with E-state index in [-0.39, 0.29) is 5.60 Å². The van der Waals surface area contributed by atoms with Crippen LogP contribution < -0.4 is 0 Å². The summed E-state index contributed by atoms with van der Waals surface area (Å²) in [6, 6.07) is 10.5. The quantitative estimate of drug-likeness (QED) is 0.613. The second kappa shape index (κ2) is 9.03. The minimum Gasteiger partial charge on any atom is -0.387 e. The zero-order chi connectivity index (χ0) is 21.1. The van der Waals surface area contributed by atoms with Crippen molar-refractivity contribution in [2.45, 2.75) is 83.8 Å². The molecule has 2 aliphatic rings. The third-order valence-corrected chi connectivity index (χ3v) is 6.20. The number of pyridine rings is 1. The van der Waals surface area contributed by atoms with Gasteiger partial charge in [0, 0.05) is 6.61 Å². The Kier molecular flexibility index (Phi) is 6.40. The molecule has 1 heterocycles. The minimum atomic E-state index is -0.427. The summed E-state index contributed by atoms with van der Waals surface area (Å²) in [4.78, 5) is 5.09. The molecule has 0 aliphatic heterocycles. The summed E-state index contributed by atoms with van der Waals surface area (Å²) >= 11 is 0. The average Bonchev–Trinajstić information content (AvgIpc) is 2.71. The van der Waals surface area contributed by atoms with Crippen molar-refractivity contribution in [1.29, 1.82) is 0 Å². The van der Waals surface area contributed by atoms with E-state index in [9.17, 15) is 5.11 Å². The Balaban J connectivity index is 1.71. The Bertz CT molecular complexity index is 909. The van der Waals surface area contributed by atoms with Crippen LogP contribution in [0, 0.1) is 0 Å². The van der Waals surface area contributed by atoms with E-state index in [1.54, 1.807) is 0 Å². The molecule has 160 valence electrons. The fourth-order valence-corrected chi connectivity index (χ4v) is 4.83. The predicted octanol–water partition coefficient (Wildman–Crippen LogP) is 6.08. The average molecular weight is 406 g/mol. The van der Waals surface area contributed by atoms with Gasteiger partial charge >= 0.3 is 0 Å². The highest BCUT2D eigenvalue weighted by Gasteiger charge is 2.28. The van der Waals surface area contributed by atoms with Crippen LogP contribution in [-0.4, -0.2) is 22.3 Å². The van der Waals surface area contributed by atoms with Crippen molar-refractivity contribution in [3.63, 3.8) is 0 Å². The lowest BCUT2D eigenvalue weighted by atomic mass is 9.80. The van der Waals surface area contributed by atoms with Gasteiger partial charge in [0.1, 0.15) is 0 Å². The van der Waals surface area contributed by atoms with E-state index in [1.165, 1.54) is 34.2 Å². The SMILES string of the molecule is CC(C)(C)OCCCc1c2c(nc3c1CCCC3O)/C(=C/c1ccccc1)CCC2. The molecule has 0 amide bonds. The topological polar surface area (TPSA) is 42.4 Å². The number of aliphatic hydroxyl groups excluding tert-OH is 1. The fourth-order valence-electron chi connectivity index (χ4n) is 4.83. The Morgan fingerprint density at radius 2 is 1.83 bits per heavy atom. The lowest BCUT2D eigenvalue weighted by Crippen LogP contribution is -2.22. The summed E-state index contributed by atoms with van der Waals surface area (Å²) < 4.78 is 5.98. The second-order valence-corrected chi connectivity index (χ2v) is 9.69. The van der Waals surface area contributed by atoms with E-state index in [1.807, 2.05) is 0 Å². The predicted molar refractivity (Wildman–Crippen MR) is 123 cm³/mol. The Hall–Kier alpha value is -1.97. The summed E-state index contributed by atoms with van der Waals surface area (Å²) in [6.07, 6.45) is 10.1. The van der Waals surface area contributed by atoms with Crippen LogP contribution in [0.4, 0.5) is 0 Å². The van der Waals surface area contributed by atoms with Gasteiger partial charge in [-0.1, -0.05) is 30.3 Å². The van der Waals surface area contributed by atoms with Gasteiger partial charge in [0.2, 0.25) is 0 Å². The summed E-state index contributed by atoms with van der Waals surface area (Å²) in [5, 5.41) is 10.7. The zero-order valence-electron chi connectivity index (χ0n) is 18.7. The van der Waals surface area contributed by atoms with E-state index >= 15 is 0 Å². The molecule has 3 heteroatoms. The highest BCUT2D eigenvalue weighted by molar-refractivity contribution is 5.83. The number of nitrogens with zero attached hydrogens (tertiary/aromatic N) is 1. The summed E-state index contributed by atoms with van der Waals surface area (Å²) in [5.41, 5.74) is 8.71. The van der Waals surface area contributed by atoms with Crippen molar-refractivity contribution in [2.75, 3.05) is 6.61 Å². The molecule has 0 saturated carbocycles. The zero-order valence-corrected chi connectivity index (χ0v) is 18.7. The summed E-state index contributed by atoms with van der Waals surface area (Å²) in [6.45, 7) is 7.10. The van der Waals surface area contributed by atoms with Gasteiger partial charge in [-0.25, -0.2) is 4.98 Å². The molecule has 0 fully saturated rings. The number of fused-ring (bicyclic) bond motifs is 2. The van der Waals surface area contributed by atoms with Gasteiger partial charge < -0.3 is 9.84 Å². The van der Waals surface area contributed by atoms with Crippen molar-refractivity contribution in [3.05, 3.63) is 64.0 Å². The van der Waals surface area contributed by atoms with Crippen LogP contribution in [0.25, 0.3) is 11.6 Å². The van der Waals surface area contributed by atoms with Crippen molar-refractivity contribution in [3.8, 4) is 0 Å². The monoisotopic (exact) mass is 405 g/mol. The van der Waals surface area contributed by atoms with E-state index in [0.29, 0.717) is 0 Å². The van der Waals surface area contributed by atoms with Crippen LogP contribution in [0.5, 0.6) is 0 Å². The third-order valence-electron chi connectivity index (χ3n) is 6.20. The van der Waals surface area contributed by atoms with Crippen LogP contribution >= 0.6 is 0 Å². The molecule has 30 heavy (non-hydrogen) atoms. The number of benzene rings is 1. The van der Waals surface area contributed by atoms with E-state index < -0.39 is 6.10 Å². The normalized spacial score (nSPS) is 20.1. The molecular formula is C27H35NO2.